The van der Waals surface area contributed by atoms with Gasteiger partial charge in [-0.15, -0.1) is 11.3 Å². The maximum absolute atomic E-state index is 9.22. The monoisotopic (exact) mass is 304 g/mol. The molecule has 0 atom stereocenters. The van der Waals surface area contributed by atoms with E-state index < -0.39 is 7.12 Å². The van der Waals surface area contributed by atoms with Crippen molar-refractivity contribution in [1.29, 1.82) is 0 Å². The molecule has 0 bridgehead atoms. The van der Waals surface area contributed by atoms with Crippen molar-refractivity contribution in [1.82, 2.24) is 0 Å². The summed E-state index contributed by atoms with van der Waals surface area (Å²) in [6, 6.07) is 22.2. The van der Waals surface area contributed by atoms with Gasteiger partial charge in [0.1, 0.15) is 0 Å². The summed E-state index contributed by atoms with van der Waals surface area (Å²) >= 11 is 1.80. The van der Waals surface area contributed by atoms with Gasteiger partial charge in [-0.3, -0.25) is 0 Å². The summed E-state index contributed by atoms with van der Waals surface area (Å²) in [7, 11) is -1.42. The second-order valence-electron chi connectivity index (χ2n) is 5.27. The van der Waals surface area contributed by atoms with Crippen LogP contribution in [0.2, 0.25) is 0 Å². The second kappa shape index (κ2) is 5.25. The summed E-state index contributed by atoms with van der Waals surface area (Å²) in [6.07, 6.45) is 0. The second-order valence-corrected chi connectivity index (χ2v) is 6.36. The third-order valence-corrected chi connectivity index (χ3v) is 5.06. The number of fused-ring (bicyclic) bond motifs is 3. The van der Waals surface area contributed by atoms with Crippen LogP contribution in [0.4, 0.5) is 0 Å². The van der Waals surface area contributed by atoms with Gasteiger partial charge in [-0.1, -0.05) is 54.6 Å². The highest BCUT2D eigenvalue weighted by Gasteiger charge is 2.13. The molecular formula is C18H13BO2S. The molecule has 0 aliphatic carbocycles. The largest absolute Gasteiger partial charge is 0.488 e. The van der Waals surface area contributed by atoms with E-state index in [1.807, 2.05) is 12.1 Å². The van der Waals surface area contributed by atoms with Crippen molar-refractivity contribution in [3.63, 3.8) is 0 Å². The fraction of sp³-hybridized carbons (Fsp3) is 0. The lowest BCUT2D eigenvalue weighted by Gasteiger charge is -2.06. The van der Waals surface area contributed by atoms with E-state index in [9.17, 15) is 10.0 Å². The van der Waals surface area contributed by atoms with Crippen LogP contribution in [0, 0.1) is 0 Å². The van der Waals surface area contributed by atoms with Crippen molar-refractivity contribution in [2.75, 3.05) is 0 Å². The van der Waals surface area contributed by atoms with Crippen LogP contribution in [0.25, 0.3) is 31.3 Å². The molecule has 1 aromatic heterocycles. The van der Waals surface area contributed by atoms with Gasteiger partial charge in [0.25, 0.3) is 0 Å². The fourth-order valence-corrected chi connectivity index (χ4v) is 3.98. The molecule has 0 spiro atoms. The standard InChI is InChI=1S/C18H13BO2S/c20-19(21)13-10-8-12(9-11-13)14-5-3-7-17-18(14)15-4-1-2-6-16(15)22-17/h1-11,20-21H. The van der Waals surface area contributed by atoms with Gasteiger partial charge in [-0.2, -0.15) is 0 Å². The zero-order chi connectivity index (χ0) is 15.1. The Morgan fingerprint density at radius 3 is 2.23 bits per heavy atom. The van der Waals surface area contributed by atoms with E-state index in [0.29, 0.717) is 5.46 Å². The van der Waals surface area contributed by atoms with Crippen LogP contribution in [-0.4, -0.2) is 17.2 Å². The summed E-state index contributed by atoms with van der Waals surface area (Å²) in [5.74, 6) is 0. The maximum Gasteiger partial charge on any atom is 0.488 e. The van der Waals surface area contributed by atoms with E-state index in [-0.39, 0.29) is 0 Å². The number of thiophene rings is 1. The minimum Gasteiger partial charge on any atom is -0.423 e. The summed E-state index contributed by atoms with van der Waals surface area (Å²) < 4.78 is 2.55. The van der Waals surface area contributed by atoms with Crippen LogP contribution in [0.1, 0.15) is 0 Å². The van der Waals surface area contributed by atoms with E-state index in [4.69, 9.17) is 0 Å². The lowest BCUT2D eigenvalue weighted by atomic mass is 9.79. The molecule has 3 aromatic carbocycles. The van der Waals surface area contributed by atoms with Crippen LogP contribution < -0.4 is 5.46 Å². The first-order chi connectivity index (χ1) is 10.7. The molecule has 4 aromatic rings. The van der Waals surface area contributed by atoms with Crippen molar-refractivity contribution < 1.29 is 10.0 Å². The highest BCUT2D eigenvalue weighted by Crippen LogP contribution is 2.39. The molecule has 4 rings (SSSR count). The van der Waals surface area contributed by atoms with Crippen LogP contribution in [0.15, 0.2) is 66.7 Å². The Morgan fingerprint density at radius 1 is 0.727 bits per heavy atom. The van der Waals surface area contributed by atoms with Crippen LogP contribution >= 0.6 is 11.3 Å². The molecule has 0 amide bonds. The predicted molar refractivity (Wildman–Crippen MR) is 94.6 cm³/mol. The fourth-order valence-electron chi connectivity index (χ4n) is 2.85. The van der Waals surface area contributed by atoms with Gasteiger partial charge in [-0.25, -0.2) is 0 Å². The number of hydrogen-bond donors (Lipinski definition) is 2. The van der Waals surface area contributed by atoms with Crippen molar-refractivity contribution in [3.8, 4) is 11.1 Å². The molecule has 4 heteroatoms. The molecule has 0 saturated carbocycles. The Hall–Kier alpha value is -2.14. The zero-order valence-corrected chi connectivity index (χ0v) is 12.5. The lowest BCUT2D eigenvalue weighted by molar-refractivity contribution is 0.426. The van der Waals surface area contributed by atoms with Gasteiger partial charge in [-0.05, 0) is 28.7 Å². The van der Waals surface area contributed by atoms with Crippen molar-refractivity contribution in [3.05, 3.63) is 66.7 Å². The Labute approximate surface area is 132 Å². The van der Waals surface area contributed by atoms with Crippen molar-refractivity contribution in [2.45, 2.75) is 0 Å². The molecule has 0 aliphatic heterocycles. The third-order valence-electron chi connectivity index (χ3n) is 3.92. The number of benzene rings is 3. The molecule has 2 N–H and O–H groups in total. The van der Waals surface area contributed by atoms with Gasteiger partial charge in [0.2, 0.25) is 0 Å². The first kappa shape index (κ1) is 13.5. The molecule has 106 valence electrons. The molecule has 0 saturated heterocycles. The molecule has 0 aliphatic rings. The molecule has 1 heterocycles. The lowest BCUT2D eigenvalue weighted by Crippen LogP contribution is -2.29. The Kier molecular flexibility index (Phi) is 3.23. The molecule has 22 heavy (non-hydrogen) atoms. The van der Waals surface area contributed by atoms with Crippen molar-refractivity contribution >= 4 is 44.1 Å². The van der Waals surface area contributed by atoms with Crippen LogP contribution in [0.3, 0.4) is 0 Å². The molecule has 2 nitrogen and oxygen atoms in total. The summed E-state index contributed by atoms with van der Waals surface area (Å²) in [5.41, 5.74) is 2.76. The summed E-state index contributed by atoms with van der Waals surface area (Å²) in [5, 5.41) is 21.0. The molecule has 0 radical (unpaired) electrons. The minimum atomic E-state index is -1.42. The quantitative estimate of drug-likeness (QED) is 0.557. The number of rotatable bonds is 2. The SMILES string of the molecule is OB(O)c1ccc(-c2cccc3sc4ccccc4c23)cc1. The minimum absolute atomic E-state index is 0.506. The highest BCUT2D eigenvalue weighted by atomic mass is 32.1. The normalized spacial score (nSPS) is 11.2. The third kappa shape index (κ3) is 2.13. The van der Waals surface area contributed by atoms with Gasteiger partial charge in [0.05, 0.1) is 0 Å². The Bertz CT molecular complexity index is 958. The van der Waals surface area contributed by atoms with E-state index in [0.717, 1.165) is 5.56 Å². The van der Waals surface area contributed by atoms with E-state index in [1.54, 1.807) is 23.5 Å². The molecule has 0 unspecified atom stereocenters. The van der Waals surface area contributed by atoms with Gasteiger partial charge >= 0.3 is 7.12 Å². The maximum atomic E-state index is 9.22. The molecular weight excluding hydrogens is 291 g/mol. The first-order valence-corrected chi connectivity index (χ1v) is 7.92. The summed E-state index contributed by atoms with van der Waals surface area (Å²) in [6.45, 7) is 0. The smallest absolute Gasteiger partial charge is 0.423 e. The first-order valence-electron chi connectivity index (χ1n) is 7.11. The Balaban J connectivity index is 1.98. The van der Waals surface area contributed by atoms with E-state index >= 15 is 0 Å². The van der Waals surface area contributed by atoms with Gasteiger partial charge in [0.15, 0.2) is 0 Å². The zero-order valence-electron chi connectivity index (χ0n) is 11.7. The average molecular weight is 304 g/mol. The average Bonchev–Trinajstić information content (AvgIpc) is 2.93. The van der Waals surface area contributed by atoms with Gasteiger partial charge < -0.3 is 10.0 Å². The van der Waals surface area contributed by atoms with E-state index in [1.165, 1.54) is 25.7 Å². The van der Waals surface area contributed by atoms with E-state index in [2.05, 4.69) is 42.5 Å². The molecule has 0 fully saturated rings. The number of hydrogen-bond acceptors (Lipinski definition) is 3. The van der Waals surface area contributed by atoms with Crippen LogP contribution in [0.5, 0.6) is 0 Å². The van der Waals surface area contributed by atoms with Gasteiger partial charge in [0, 0.05) is 20.2 Å². The summed E-state index contributed by atoms with van der Waals surface area (Å²) in [4.78, 5) is 0. The van der Waals surface area contributed by atoms with Crippen molar-refractivity contribution in [2.24, 2.45) is 0 Å². The highest BCUT2D eigenvalue weighted by molar-refractivity contribution is 7.25. The Morgan fingerprint density at radius 2 is 1.45 bits per heavy atom. The van der Waals surface area contributed by atoms with Crippen LogP contribution in [-0.2, 0) is 0 Å². The predicted octanol–water partition coefficient (Wildman–Crippen LogP) is 3.40. The topological polar surface area (TPSA) is 40.5 Å².